The number of benzene rings is 3. The van der Waals surface area contributed by atoms with E-state index in [0.29, 0.717) is 27.7 Å². The van der Waals surface area contributed by atoms with Crippen molar-refractivity contribution in [2.45, 2.75) is 6.18 Å². The van der Waals surface area contributed by atoms with Crippen molar-refractivity contribution >= 4 is 28.5 Å². The molecule has 1 aromatic heterocycles. The third-order valence-electron chi connectivity index (χ3n) is 4.87. The van der Waals surface area contributed by atoms with Crippen LogP contribution in [0.3, 0.4) is 0 Å². The van der Waals surface area contributed by atoms with Crippen molar-refractivity contribution in [2.24, 2.45) is 0 Å². The van der Waals surface area contributed by atoms with Crippen LogP contribution in [0.5, 0.6) is 0 Å². The molecule has 0 aliphatic heterocycles. The molecular formula is C24H15F3N2O3. The second-order valence-electron chi connectivity index (χ2n) is 7.01. The number of aromatic nitrogens is 1. The van der Waals surface area contributed by atoms with Crippen LogP contribution in [-0.2, 0) is 6.18 Å². The Kier molecular flexibility index (Phi) is 5.36. The summed E-state index contributed by atoms with van der Waals surface area (Å²) in [4.78, 5) is 28.1. The Bertz CT molecular complexity index is 1340. The van der Waals surface area contributed by atoms with Gasteiger partial charge in [-0.15, -0.1) is 0 Å². The SMILES string of the molecule is O=C(O)c1cnc2cc(NC(=O)c3cc(C(F)(F)F)ccc3-c3ccccc3)ccc2c1. The number of hydrogen-bond acceptors (Lipinski definition) is 3. The molecule has 4 rings (SSSR count). The van der Waals surface area contributed by atoms with Crippen LogP contribution in [0.1, 0.15) is 26.3 Å². The maximum atomic E-state index is 13.3. The number of amides is 1. The molecule has 0 bridgehead atoms. The van der Waals surface area contributed by atoms with Gasteiger partial charge in [-0.3, -0.25) is 9.78 Å². The molecule has 4 aromatic rings. The van der Waals surface area contributed by atoms with Crippen molar-refractivity contribution in [3.05, 3.63) is 95.7 Å². The molecule has 5 nitrogen and oxygen atoms in total. The van der Waals surface area contributed by atoms with Crippen LogP contribution in [0.2, 0.25) is 0 Å². The number of carbonyl (C=O) groups is 2. The van der Waals surface area contributed by atoms with Crippen molar-refractivity contribution in [3.63, 3.8) is 0 Å². The second-order valence-corrected chi connectivity index (χ2v) is 7.01. The van der Waals surface area contributed by atoms with E-state index >= 15 is 0 Å². The number of fused-ring (bicyclic) bond motifs is 1. The zero-order chi connectivity index (χ0) is 22.9. The van der Waals surface area contributed by atoms with E-state index in [-0.39, 0.29) is 11.1 Å². The van der Waals surface area contributed by atoms with E-state index in [0.717, 1.165) is 12.1 Å². The molecule has 3 aromatic carbocycles. The Morgan fingerprint density at radius 1 is 0.906 bits per heavy atom. The van der Waals surface area contributed by atoms with Crippen LogP contribution in [0.15, 0.2) is 79.0 Å². The van der Waals surface area contributed by atoms with Crippen molar-refractivity contribution in [3.8, 4) is 11.1 Å². The molecule has 0 saturated carbocycles. The highest BCUT2D eigenvalue weighted by molar-refractivity contribution is 6.09. The average molecular weight is 436 g/mol. The summed E-state index contributed by atoms with van der Waals surface area (Å²) >= 11 is 0. The first-order valence-corrected chi connectivity index (χ1v) is 9.43. The molecule has 0 fully saturated rings. The van der Waals surface area contributed by atoms with Crippen molar-refractivity contribution in [1.29, 1.82) is 0 Å². The predicted octanol–water partition coefficient (Wildman–Crippen LogP) is 5.87. The van der Waals surface area contributed by atoms with Gasteiger partial charge in [-0.1, -0.05) is 42.5 Å². The van der Waals surface area contributed by atoms with Gasteiger partial charge in [0.05, 0.1) is 16.6 Å². The quantitative estimate of drug-likeness (QED) is 0.419. The normalized spacial score (nSPS) is 11.3. The molecule has 0 radical (unpaired) electrons. The van der Waals surface area contributed by atoms with Gasteiger partial charge in [0.1, 0.15) is 0 Å². The Morgan fingerprint density at radius 2 is 1.66 bits per heavy atom. The molecule has 0 unspecified atom stereocenters. The lowest BCUT2D eigenvalue weighted by atomic mass is 9.96. The summed E-state index contributed by atoms with van der Waals surface area (Å²) < 4.78 is 39.8. The highest BCUT2D eigenvalue weighted by Crippen LogP contribution is 2.34. The van der Waals surface area contributed by atoms with Crippen LogP contribution in [0.25, 0.3) is 22.0 Å². The summed E-state index contributed by atoms with van der Waals surface area (Å²) in [5.74, 6) is -1.83. The fourth-order valence-corrected chi connectivity index (χ4v) is 3.29. The fourth-order valence-electron chi connectivity index (χ4n) is 3.29. The summed E-state index contributed by atoms with van der Waals surface area (Å²) in [6, 6.07) is 17.8. The van der Waals surface area contributed by atoms with E-state index in [2.05, 4.69) is 10.3 Å². The van der Waals surface area contributed by atoms with Gasteiger partial charge in [0.15, 0.2) is 0 Å². The standard InChI is InChI=1S/C24H15F3N2O3/c25-24(26,27)17-7-9-19(14-4-2-1-3-5-14)20(11-17)22(30)29-18-8-6-15-10-16(23(31)32)13-28-21(15)12-18/h1-13H,(H,29,30)(H,31,32). The van der Waals surface area contributed by atoms with Gasteiger partial charge in [-0.2, -0.15) is 13.2 Å². The Hall–Kier alpha value is -4.20. The van der Waals surface area contributed by atoms with Crippen LogP contribution in [-0.4, -0.2) is 22.0 Å². The topological polar surface area (TPSA) is 79.3 Å². The molecule has 160 valence electrons. The van der Waals surface area contributed by atoms with Crippen molar-refractivity contribution in [2.75, 3.05) is 5.32 Å². The Balaban J connectivity index is 1.72. The predicted molar refractivity (Wildman–Crippen MR) is 114 cm³/mol. The van der Waals surface area contributed by atoms with Crippen molar-refractivity contribution in [1.82, 2.24) is 4.98 Å². The highest BCUT2D eigenvalue weighted by Gasteiger charge is 2.32. The lowest BCUT2D eigenvalue weighted by molar-refractivity contribution is -0.137. The summed E-state index contributed by atoms with van der Waals surface area (Å²) in [5.41, 5.74) is 0.679. The molecule has 32 heavy (non-hydrogen) atoms. The number of aromatic carboxylic acids is 1. The molecule has 0 aliphatic rings. The monoisotopic (exact) mass is 436 g/mol. The minimum atomic E-state index is -4.60. The zero-order valence-electron chi connectivity index (χ0n) is 16.4. The third-order valence-corrected chi connectivity index (χ3v) is 4.87. The lowest BCUT2D eigenvalue weighted by Gasteiger charge is -2.14. The Morgan fingerprint density at radius 3 is 2.34 bits per heavy atom. The number of carboxylic acid groups (broad SMARTS) is 1. The smallest absolute Gasteiger partial charge is 0.416 e. The van der Waals surface area contributed by atoms with Crippen LogP contribution < -0.4 is 5.32 Å². The molecule has 2 N–H and O–H groups in total. The van der Waals surface area contributed by atoms with Gasteiger partial charge >= 0.3 is 12.1 Å². The third kappa shape index (κ3) is 4.29. The van der Waals surface area contributed by atoms with Gasteiger partial charge < -0.3 is 10.4 Å². The molecule has 8 heteroatoms. The molecule has 1 heterocycles. The van der Waals surface area contributed by atoms with E-state index in [9.17, 15) is 22.8 Å². The maximum Gasteiger partial charge on any atom is 0.416 e. The van der Waals surface area contributed by atoms with Crippen LogP contribution in [0, 0.1) is 0 Å². The van der Waals surface area contributed by atoms with Gasteiger partial charge in [-0.05, 0) is 41.5 Å². The Labute approximate surface area is 180 Å². The number of nitrogens with one attached hydrogen (secondary N) is 1. The number of anilines is 1. The maximum absolute atomic E-state index is 13.3. The van der Waals surface area contributed by atoms with E-state index in [1.165, 1.54) is 30.5 Å². The van der Waals surface area contributed by atoms with E-state index in [1.54, 1.807) is 36.4 Å². The zero-order valence-corrected chi connectivity index (χ0v) is 16.4. The first-order valence-electron chi connectivity index (χ1n) is 9.43. The van der Waals surface area contributed by atoms with Crippen LogP contribution in [0.4, 0.5) is 18.9 Å². The van der Waals surface area contributed by atoms with Gasteiger partial charge in [-0.25, -0.2) is 4.79 Å². The second kappa shape index (κ2) is 8.14. The summed E-state index contributed by atoms with van der Waals surface area (Å²) in [6.07, 6.45) is -3.41. The molecule has 0 saturated heterocycles. The highest BCUT2D eigenvalue weighted by atomic mass is 19.4. The summed E-state index contributed by atoms with van der Waals surface area (Å²) in [6.45, 7) is 0. The minimum Gasteiger partial charge on any atom is -0.478 e. The average Bonchev–Trinajstić information content (AvgIpc) is 2.78. The van der Waals surface area contributed by atoms with E-state index in [4.69, 9.17) is 5.11 Å². The van der Waals surface area contributed by atoms with Gasteiger partial charge in [0.2, 0.25) is 0 Å². The van der Waals surface area contributed by atoms with Crippen molar-refractivity contribution < 1.29 is 27.9 Å². The minimum absolute atomic E-state index is 0.0192. The largest absolute Gasteiger partial charge is 0.478 e. The number of hydrogen-bond donors (Lipinski definition) is 2. The number of carboxylic acids is 1. The number of carbonyl (C=O) groups excluding carboxylic acids is 1. The summed E-state index contributed by atoms with van der Waals surface area (Å²) in [5, 5.41) is 12.2. The summed E-state index contributed by atoms with van der Waals surface area (Å²) in [7, 11) is 0. The number of halogens is 3. The van der Waals surface area contributed by atoms with E-state index < -0.39 is 23.6 Å². The number of alkyl halides is 3. The van der Waals surface area contributed by atoms with Gasteiger partial charge in [0.25, 0.3) is 5.91 Å². The fraction of sp³-hybridized carbons (Fsp3) is 0.0417. The first kappa shape index (κ1) is 21.0. The molecule has 0 atom stereocenters. The number of rotatable bonds is 4. The number of nitrogens with zero attached hydrogens (tertiary/aromatic N) is 1. The van der Waals surface area contributed by atoms with Gasteiger partial charge in [0, 0.05) is 22.8 Å². The molecular weight excluding hydrogens is 421 g/mol. The lowest BCUT2D eigenvalue weighted by Crippen LogP contribution is -2.15. The molecule has 0 aliphatic carbocycles. The molecule has 1 amide bonds. The van der Waals surface area contributed by atoms with E-state index in [1.807, 2.05) is 0 Å². The number of pyridine rings is 1. The molecule has 0 spiro atoms. The van der Waals surface area contributed by atoms with Crippen LogP contribution >= 0.6 is 0 Å². The first-order chi connectivity index (χ1) is 15.2.